The normalized spacial score (nSPS) is 12.2. The van der Waals surface area contributed by atoms with E-state index in [9.17, 15) is 0 Å². The van der Waals surface area contributed by atoms with E-state index in [1.54, 1.807) is 6.20 Å². The monoisotopic (exact) mass is 275 g/mol. The van der Waals surface area contributed by atoms with Gasteiger partial charge in [-0.3, -0.25) is 0 Å². The molecule has 2 rings (SSSR count). The number of hydrogen-bond donors (Lipinski definition) is 1. The number of hydrogen-bond acceptors (Lipinski definition) is 3. The van der Waals surface area contributed by atoms with Crippen molar-refractivity contribution in [1.29, 1.82) is 0 Å². The fraction of sp³-hybridized carbons (Fsp3) is 0.267. The van der Waals surface area contributed by atoms with Crippen molar-refractivity contribution in [3.63, 3.8) is 0 Å². The third kappa shape index (κ3) is 3.69. The SMILES string of the molecule is CC(N)c1ccnc(N(C)Cc2cccc(Cl)c2)c1. The minimum atomic E-state index is 0.0151. The van der Waals surface area contributed by atoms with Crippen molar-refractivity contribution in [2.75, 3.05) is 11.9 Å². The van der Waals surface area contributed by atoms with Gasteiger partial charge in [-0.1, -0.05) is 23.7 Å². The summed E-state index contributed by atoms with van der Waals surface area (Å²) in [7, 11) is 2.01. The number of pyridine rings is 1. The molecule has 0 bridgehead atoms. The van der Waals surface area contributed by atoms with Crippen LogP contribution >= 0.6 is 11.6 Å². The first-order valence-electron chi connectivity index (χ1n) is 6.23. The van der Waals surface area contributed by atoms with Crippen LogP contribution in [0.15, 0.2) is 42.6 Å². The Morgan fingerprint density at radius 2 is 2.11 bits per heavy atom. The Morgan fingerprint density at radius 3 is 2.79 bits per heavy atom. The predicted molar refractivity (Wildman–Crippen MR) is 80.4 cm³/mol. The van der Waals surface area contributed by atoms with Crippen molar-refractivity contribution in [3.05, 3.63) is 58.7 Å². The lowest BCUT2D eigenvalue weighted by atomic mass is 10.1. The van der Waals surface area contributed by atoms with Crippen molar-refractivity contribution >= 4 is 17.4 Å². The zero-order valence-corrected chi connectivity index (χ0v) is 11.9. The summed E-state index contributed by atoms with van der Waals surface area (Å²) in [5, 5.41) is 0.753. The summed E-state index contributed by atoms with van der Waals surface area (Å²) in [6, 6.07) is 11.8. The van der Waals surface area contributed by atoms with Crippen molar-refractivity contribution in [3.8, 4) is 0 Å². The molecule has 0 aliphatic heterocycles. The predicted octanol–water partition coefficient (Wildman–Crippen LogP) is 3.39. The van der Waals surface area contributed by atoms with Gasteiger partial charge in [-0.05, 0) is 42.3 Å². The van der Waals surface area contributed by atoms with Gasteiger partial charge in [0.25, 0.3) is 0 Å². The summed E-state index contributed by atoms with van der Waals surface area (Å²) >= 11 is 5.99. The summed E-state index contributed by atoms with van der Waals surface area (Å²) in [5.41, 5.74) is 8.13. The van der Waals surface area contributed by atoms with Gasteiger partial charge in [0.1, 0.15) is 5.82 Å². The number of rotatable bonds is 4. The summed E-state index contributed by atoms with van der Waals surface area (Å²) in [6.07, 6.45) is 1.79. The van der Waals surface area contributed by atoms with E-state index in [0.29, 0.717) is 0 Å². The van der Waals surface area contributed by atoms with Crippen molar-refractivity contribution in [2.45, 2.75) is 19.5 Å². The van der Waals surface area contributed by atoms with Gasteiger partial charge in [0.05, 0.1) is 0 Å². The van der Waals surface area contributed by atoms with Crippen LogP contribution in [0.4, 0.5) is 5.82 Å². The molecule has 0 aliphatic carbocycles. The highest BCUT2D eigenvalue weighted by Crippen LogP contribution is 2.18. The molecule has 1 unspecified atom stereocenters. The zero-order chi connectivity index (χ0) is 13.8. The third-order valence-electron chi connectivity index (χ3n) is 3.00. The lowest BCUT2D eigenvalue weighted by molar-refractivity contribution is 0.809. The molecule has 0 radical (unpaired) electrons. The van der Waals surface area contributed by atoms with Crippen LogP contribution in [-0.2, 0) is 6.54 Å². The molecule has 1 atom stereocenters. The van der Waals surface area contributed by atoms with Crippen LogP contribution in [-0.4, -0.2) is 12.0 Å². The first kappa shape index (κ1) is 13.8. The summed E-state index contributed by atoms with van der Waals surface area (Å²) < 4.78 is 0. The van der Waals surface area contributed by atoms with E-state index in [1.165, 1.54) is 0 Å². The van der Waals surface area contributed by atoms with Crippen molar-refractivity contribution < 1.29 is 0 Å². The molecule has 0 aliphatic rings. The van der Waals surface area contributed by atoms with Crippen LogP contribution in [0.2, 0.25) is 5.02 Å². The van der Waals surface area contributed by atoms with Crippen LogP contribution in [0.1, 0.15) is 24.1 Å². The average molecular weight is 276 g/mol. The Bertz CT molecular complexity index is 555. The number of benzene rings is 1. The Morgan fingerprint density at radius 1 is 1.32 bits per heavy atom. The van der Waals surface area contributed by atoms with Gasteiger partial charge < -0.3 is 10.6 Å². The summed E-state index contributed by atoms with van der Waals surface area (Å²) in [6.45, 7) is 2.73. The largest absolute Gasteiger partial charge is 0.355 e. The molecule has 1 aromatic carbocycles. The van der Waals surface area contributed by atoms with Gasteiger partial charge in [0, 0.05) is 30.9 Å². The third-order valence-corrected chi connectivity index (χ3v) is 3.23. The lowest BCUT2D eigenvalue weighted by Gasteiger charge is -2.19. The second kappa shape index (κ2) is 6.04. The fourth-order valence-corrected chi connectivity index (χ4v) is 2.13. The molecule has 4 heteroatoms. The maximum atomic E-state index is 5.99. The van der Waals surface area contributed by atoms with E-state index in [-0.39, 0.29) is 6.04 Å². The maximum Gasteiger partial charge on any atom is 0.128 e. The number of aromatic nitrogens is 1. The van der Waals surface area contributed by atoms with Gasteiger partial charge in [-0.15, -0.1) is 0 Å². The molecular formula is C15H18ClN3. The molecule has 2 N–H and O–H groups in total. The molecule has 0 fully saturated rings. The van der Waals surface area contributed by atoms with E-state index in [1.807, 2.05) is 44.3 Å². The minimum absolute atomic E-state index is 0.0151. The van der Waals surface area contributed by atoms with E-state index < -0.39 is 0 Å². The molecule has 0 saturated carbocycles. The van der Waals surface area contributed by atoms with Crippen LogP contribution < -0.4 is 10.6 Å². The Labute approximate surface area is 119 Å². The van der Waals surface area contributed by atoms with Gasteiger partial charge in [0.2, 0.25) is 0 Å². The molecule has 0 amide bonds. The summed E-state index contributed by atoms with van der Waals surface area (Å²) in [5.74, 6) is 0.912. The lowest BCUT2D eigenvalue weighted by Crippen LogP contribution is -2.18. The maximum absolute atomic E-state index is 5.99. The number of nitrogens with zero attached hydrogens (tertiary/aromatic N) is 2. The van der Waals surface area contributed by atoms with E-state index >= 15 is 0 Å². The van der Waals surface area contributed by atoms with E-state index in [2.05, 4.69) is 16.0 Å². The molecule has 1 aromatic heterocycles. The van der Waals surface area contributed by atoms with Gasteiger partial charge in [0.15, 0.2) is 0 Å². The second-order valence-corrected chi connectivity index (χ2v) is 5.16. The zero-order valence-electron chi connectivity index (χ0n) is 11.2. The van der Waals surface area contributed by atoms with Gasteiger partial charge in [-0.2, -0.15) is 0 Å². The average Bonchev–Trinajstić information content (AvgIpc) is 2.39. The first-order valence-corrected chi connectivity index (χ1v) is 6.61. The van der Waals surface area contributed by atoms with Crippen LogP contribution in [0.3, 0.4) is 0 Å². The molecule has 2 aromatic rings. The Kier molecular flexibility index (Phi) is 4.40. The highest BCUT2D eigenvalue weighted by atomic mass is 35.5. The van der Waals surface area contributed by atoms with Gasteiger partial charge in [-0.25, -0.2) is 4.98 Å². The van der Waals surface area contributed by atoms with E-state index in [4.69, 9.17) is 17.3 Å². The van der Waals surface area contributed by atoms with Crippen LogP contribution in [0.25, 0.3) is 0 Å². The Balaban J connectivity index is 2.15. The minimum Gasteiger partial charge on any atom is -0.355 e. The highest BCUT2D eigenvalue weighted by Gasteiger charge is 2.06. The molecular weight excluding hydrogens is 258 g/mol. The fourth-order valence-electron chi connectivity index (χ4n) is 1.92. The first-order chi connectivity index (χ1) is 9.06. The molecule has 19 heavy (non-hydrogen) atoms. The number of nitrogens with two attached hydrogens (primary N) is 1. The molecule has 3 nitrogen and oxygen atoms in total. The van der Waals surface area contributed by atoms with Crippen molar-refractivity contribution in [1.82, 2.24) is 4.98 Å². The standard InChI is InChI=1S/C15H18ClN3/c1-11(17)13-6-7-18-15(9-13)19(2)10-12-4-3-5-14(16)8-12/h3-9,11H,10,17H2,1-2H3. The molecule has 100 valence electrons. The van der Waals surface area contributed by atoms with E-state index in [0.717, 1.165) is 28.5 Å². The smallest absolute Gasteiger partial charge is 0.128 e. The molecule has 1 heterocycles. The molecule has 0 saturated heterocycles. The van der Waals surface area contributed by atoms with Crippen LogP contribution in [0, 0.1) is 0 Å². The van der Waals surface area contributed by atoms with Gasteiger partial charge >= 0.3 is 0 Å². The topological polar surface area (TPSA) is 42.1 Å². The quantitative estimate of drug-likeness (QED) is 0.930. The summed E-state index contributed by atoms with van der Waals surface area (Å²) in [4.78, 5) is 6.46. The Hall–Kier alpha value is -1.58. The van der Waals surface area contributed by atoms with Crippen LogP contribution in [0.5, 0.6) is 0 Å². The number of halogens is 1. The molecule has 0 spiro atoms. The second-order valence-electron chi connectivity index (χ2n) is 4.72. The van der Waals surface area contributed by atoms with Crippen molar-refractivity contribution in [2.24, 2.45) is 5.73 Å². The number of anilines is 1. The highest BCUT2D eigenvalue weighted by molar-refractivity contribution is 6.30.